The highest BCUT2D eigenvalue weighted by atomic mass is 19.1. The van der Waals surface area contributed by atoms with Crippen molar-refractivity contribution in [2.75, 3.05) is 6.79 Å². The van der Waals surface area contributed by atoms with Gasteiger partial charge < -0.3 is 14.3 Å². The molecule has 0 bridgehead atoms. The number of halogens is 1. The van der Waals surface area contributed by atoms with E-state index in [0.717, 1.165) is 11.8 Å². The Balaban J connectivity index is 2.45. The molecule has 17 heavy (non-hydrogen) atoms. The summed E-state index contributed by atoms with van der Waals surface area (Å²) >= 11 is 0. The first kappa shape index (κ1) is 11.9. The average molecular weight is 238 g/mol. The fourth-order valence-electron chi connectivity index (χ4n) is 1.93. The van der Waals surface area contributed by atoms with Gasteiger partial charge in [0.1, 0.15) is 12.5 Å². The van der Waals surface area contributed by atoms with Gasteiger partial charge in [0.05, 0.1) is 0 Å². The number of hydrogen-bond acceptors (Lipinski definition) is 3. The maximum absolute atomic E-state index is 13.4. The van der Waals surface area contributed by atoms with E-state index in [9.17, 15) is 9.18 Å². The molecule has 0 aliphatic carbocycles. The third kappa shape index (κ3) is 2.25. The molecule has 0 saturated heterocycles. The maximum atomic E-state index is 13.4. The van der Waals surface area contributed by atoms with Gasteiger partial charge in [0.25, 0.3) is 0 Å². The molecule has 1 aliphatic rings. The van der Waals surface area contributed by atoms with E-state index >= 15 is 0 Å². The molecule has 1 aliphatic heterocycles. The van der Waals surface area contributed by atoms with Crippen LogP contribution in [0.3, 0.4) is 0 Å². The van der Waals surface area contributed by atoms with Gasteiger partial charge >= 0.3 is 0 Å². The Morgan fingerprint density at radius 2 is 2.18 bits per heavy atom. The Morgan fingerprint density at radius 1 is 1.41 bits per heavy atom. The molecule has 2 rings (SSSR count). The predicted octanol–water partition coefficient (Wildman–Crippen LogP) is 3.14. The van der Waals surface area contributed by atoms with Gasteiger partial charge in [-0.2, -0.15) is 0 Å². The number of carbonyl (C=O) groups excluding carboxylic acids is 1. The minimum atomic E-state index is -1.06. The topological polar surface area (TPSA) is 35.5 Å². The monoisotopic (exact) mass is 238 g/mol. The Hall–Kier alpha value is -1.58. The second-order valence-electron chi connectivity index (χ2n) is 4.26. The van der Waals surface area contributed by atoms with E-state index in [2.05, 4.69) is 0 Å². The molecule has 0 saturated carbocycles. The summed E-state index contributed by atoms with van der Waals surface area (Å²) in [6.45, 7) is 3.55. The third-order valence-electron chi connectivity index (χ3n) is 2.96. The molecule has 0 N–H and O–H groups in total. The molecule has 0 spiro atoms. The first-order chi connectivity index (χ1) is 8.13. The van der Waals surface area contributed by atoms with Crippen LogP contribution in [0.15, 0.2) is 12.1 Å². The molecule has 1 heterocycles. The summed E-state index contributed by atoms with van der Waals surface area (Å²) in [5.41, 5.74) is 1.40. The molecule has 1 aromatic rings. The molecule has 1 aromatic carbocycles. The molecule has 0 aromatic heterocycles. The highest BCUT2D eigenvalue weighted by molar-refractivity contribution is 5.57. The van der Waals surface area contributed by atoms with Crippen LogP contribution in [0.1, 0.15) is 43.5 Å². The van der Waals surface area contributed by atoms with E-state index in [1.54, 1.807) is 12.1 Å². The summed E-state index contributed by atoms with van der Waals surface area (Å²) in [4.78, 5) is 10.6. The van der Waals surface area contributed by atoms with Crippen molar-refractivity contribution in [1.29, 1.82) is 0 Å². The average Bonchev–Trinajstić information content (AvgIpc) is 2.75. The molecule has 3 nitrogen and oxygen atoms in total. The van der Waals surface area contributed by atoms with E-state index in [4.69, 9.17) is 9.47 Å². The summed E-state index contributed by atoms with van der Waals surface area (Å²) < 4.78 is 24.0. The largest absolute Gasteiger partial charge is 0.454 e. The van der Waals surface area contributed by atoms with Crippen molar-refractivity contribution in [2.24, 2.45) is 0 Å². The van der Waals surface area contributed by atoms with Crippen molar-refractivity contribution in [1.82, 2.24) is 0 Å². The number of alkyl halides is 1. The van der Waals surface area contributed by atoms with Gasteiger partial charge in [-0.15, -0.1) is 0 Å². The van der Waals surface area contributed by atoms with Crippen LogP contribution >= 0.6 is 0 Å². The van der Waals surface area contributed by atoms with E-state index < -0.39 is 6.17 Å². The van der Waals surface area contributed by atoms with Crippen LogP contribution < -0.4 is 9.47 Å². The number of aldehydes is 1. The van der Waals surface area contributed by atoms with Crippen LogP contribution in [-0.2, 0) is 4.79 Å². The number of hydrogen-bond donors (Lipinski definition) is 0. The zero-order valence-corrected chi connectivity index (χ0v) is 9.90. The lowest BCUT2D eigenvalue weighted by atomic mass is 9.94. The molecular formula is C13H15FO3. The maximum Gasteiger partial charge on any atom is 0.231 e. The first-order valence-electron chi connectivity index (χ1n) is 5.64. The van der Waals surface area contributed by atoms with Gasteiger partial charge in [-0.3, -0.25) is 0 Å². The lowest BCUT2D eigenvalue weighted by Crippen LogP contribution is -1.99. The molecular weight excluding hydrogens is 223 g/mol. The fourth-order valence-corrected chi connectivity index (χ4v) is 1.93. The van der Waals surface area contributed by atoms with Crippen molar-refractivity contribution in [2.45, 2.75) is 32.4 Å². The second-order valence-corrected chi connectivity index (χ2v) is 4.26. The lowest BCUT2D eigenvalue weighted by molar-refractivity contribution is -0.108. The van der Waals surface area contributed by atoms with Gasteiger partial charge in [0.2, 0.25) is 6.79 Å². The summed E-state index contributed by atoms with van der Waals surface area (Å²) in [5.74, 6) is 1.21. The molecule has 4 heteroatoms. The molecule has 2 atom stereocenters. The Kier molecular flexibility index (Phi) is 3.31. The molecule has 0 radical (unpaired) electrons. The van der Waals surface area contributed by atoms with Crippen LogP contribution in [0.4, 0.5) is 4.39 Å². The number of rotatable bonds is 4. The fraction of sp³-hybridized carbons (Fsp3) is 0.462. The Bertz CT molecular complexity index is 429. The first-order valence-corrected chi connectivity index (χ1v) is 5.64. The molecule has 0 amide bonds. The minimum absolute atomic E-state index is 0.00153. The predicted molar refractivity (Wildman–Crippen MR) is 61.2 cm³/mol. The highest BCUT2D eigenvalue weighted by Crippen LogP contribution is 2.42. The van der Waals surface area contributed by atoms with Gasteiger partial charge in [-0.05, 0) is 30.5 Å². The van der Waals surface area contributed by atoms with E-state index in [-0.39, 0.29) is 12.7 Å². The smallest absolute Gasteiger partial charge is 0.231 e. The summed E-state index contributed by atoms with van der Waals surface area (Å²) in [6.07, 6.45) is 0.185. The lowest BCUT2D eigenvalue weighted by Gasteiger charge is -2.14. The van der Waals surface area contributed by atoms with Gasteiger partial charge in [-0.1, -0.05) is 6.92 Å². The van der Waals surface area contributed by atoms with E-state index in [1.165, 1.54) is 6.92 Å². The number of benzene rings is 1. The summed E-state index contributed by atoms with van der Waals surface area (Å²) in [5, 5.41) is 0. The van der Waals surface area contributed by atoms with E-state index in [0.29, 0.717) is 23.5 Å². The normalized spacial score (nSPS) is 16.6. The SMILES string of the molecule is CC(F)c1cc2c(c(C(C)CC=O)c1)OCO2. The zero-order valence-electron chi connectivity index (χ0n) is 9.90. The molecule has 2 unspecified atom stereocenters. The standard InChI is InChI=1S/C13H15FO3/c1-8(3-4-15)11-5-10(9(2)14)6-12-13(11)17-7-16-12/h4-6,8-9H,3,7H2,1-2H3. The summed E-state index contributed by atoms with van der Waals surface area (Å²) in [7, 11) is 0. The van der Waals surface area contributed by atoms with Crippen LogP contribution in [0.2, 0.25) is 0 Å². The Morgan fingerprint density at radius 3 is 2.82 bits per heavy atom. The minimum Gasteiger partial charge on any atom is -0.454 e. The quantitative estimate of drug-likeness (QED) is 0.756. The number of carbonyl (C=O) groups is 1. The van der Waals surface area contributed by atoms with Crippen LogP contribution in [0.25, 0.3) is 0 Å². The summed E-state index contributed by atoms with van der Waals surface area (Å²) in [6, 6.07) is 3.41. The van der Waals surface area contributed by atoms with Crippen molar-refractivity contribution in [3.05, 3.63) is 23.3 Å². The highest BCUT2D eigenvalue weighted by Gasteiger charge is 2.23. The third-order valence-corrected chi connectivity index (χ3v) is 2.96. The number of fused-ring (bicyclic) bond motifs is 1. The van der Waals surface area contributed by atoms with Crippen molar-refractivity contribution < 1.29 is 18.7 Å². The van der Waals surface area contributed by atoms with Crippen LogP contribution in [-0.4, -0.2) is 13.1 Å². The van der Waals surface area contributed by atoms with Gasteiger partial charge in [-0.25, -0.2) is 4.39 Å². The van der Waals surface area contributed by atoms with Crippen molar-refractivity contribution >= 4 is 6.29 Å². The van der Waals surface area contributed by atoms with Crippen LogP contribution in [0, 0.1) is 0 Å². The van der Waals surface area contributed by atoms with Crippen LogP contribution in [0.5, 0.6) is 11.5 Å². The second kappa shape index (κ2) is 4.73. The molecule has 92 valence electrons. The zero-order chi connectivity index (χ0) is 12.4. The number of ether oxygens (including phenoxy) is 2. The molecule has 0 fully saturated rings. The van der Waals surface area contributed by atoms with E-state index in [1.807, 2.05) is 6.92 Å². The van der Waals surface area contributed by atoms with Crippen molar-refractivity contribution in [3.8, 4) is 11.5 Å². The van der Waals surface area contributed by atoms with Gasteiger partial charge in [0.15, 0.2) is 11.5 Å². The van der Waals surface area contributed by atoms with Crippen molar-refractivity contribution in [3.63, 3.8) is 0 Å². The Labute approximate surface area is 99.5 Å². The van der Waals surface area contributed by atoms with Gasteiger partial charge in [0, 0.05) is 12.0 Å².